The number of aliphatic hydroxyl groups is 2. The summed E-state index contributed by atoms with van der Waals surface area (Å²) in [6.07, 6.45) is 76.6. The van der Waals surface area contributed by atoms with E-state index in [-0.39, 0.29) is 24.9 Å². The van der Waals surface area contributed by atoms with Crippen LogP contribution >= 0.6 is 0 Å². The van der Waals surface area contributed by atoms with Gasteiger partial charge in [0.25, 0.3) is 0 Å². The molecule has 3 unspecified atom stereocenters. The number of unbranched alkanes of at least 4 members (excludes halogenated alkanes) is 29. The molecule has 0 aliphatic rings. The highest BCUT2D eigenvalue weighted by Crippen LogP contribution is 2.18. The van der Waals surface area contributed by atoms with E-state index in [1.165, 1.54) is 141 Å². The van der Waals surface area contributed by atoms with Crippen LogP contribution in [0.15, 0.2) is 85.1 Å². The van der Waals surface area contributed by atoms with Crippen LogP contribution in [0.4, 0.5) is 0 Å². The molecule has 1 amide bonds. The molecule has 71 heavy (non-hydrogen) atoms. The summed E-state index contributed by atoms with van der Waals surface area (Å²) in [6, 6.07) is -0.729. The number of rotatable bonds is 54. The minimum absolute atomic E-state index is 0.0293. The Bertz CT molecular complexity index is 1340. The highest BCUT2D eigenvalue weighted by Gasteiger charge is 2.24. The maximum absolute atomic E-state index is 13.3. The quantitative estimate of drug-likeness (QED) is 0.0244. The Balaban J connectivity index is 4.66. The van der Waals surface area contributed by atoms with Gasteiger partial charge < -0.3 is 20.3 Å². The number of amides is 1. The van der Waals surface area contributed by atoms with Gasteiger partial charge in [-0.15, -0.1) is 0 Å². The molecule has 0 aromatic heterocycles. The summed E-state index contributed by atoms with van der Waals surface area (Å²) in [5.41, 5.74) is 0. The van der Waals surface area contributed by atoms with Crippen LogP contribution in [0.1, 0.15) is 290 Å². The van der Waals surface area contributed by atoms with E-state index in [4.69, 9.17) is 4.74 Å². The molecule has 0 saturated heterocycles. The molecule has 410 valence electrons. The summed E-state index contributed by atoms with van der Waals surface area (Å²) in [5, 5.41) is 23.9. The fraction of sp³-hybridized carbons (Fsp3) is 0.754. The molecule has 0 aliphatic heterocycles. The standard InChI is InChI=1S/C65H115NO5/c1-4-7-10-13-16-19-22-25-28-31-34-37-40-43-46-49-52-55-58-65(70)71-61(56-53-50-47-44-41-38-35-32-29-26-23-20-17-14-11-8-5-2)59-64(69)66-62(60-67)63(68)57-54-51-48-45-42-39-36-33-30-27-24-21-18-15-12-9-6-3/h8,11,17,20,26,28-29,31,34-35,37-38,44,47,61-63,67-68H,4-7,9-10,12-16,18-19,21-25,27,30,32-33,36,39-43,45-46,48-60H2,1-3H3,(H,66,69)/b11-8-,20-17-,29-26-,31-28+,37-34+,38-35-,47-44-. The number of aliphatic hydroxyl groups excluding tert-OH is 2. The predicted molar refractivity (Wildman–Crippen MR) is 310 cm³/mol. The van der Waals surface area contributed by atoms with Crippen LogP contribution in [0.5, 0.6) is 0 Å². The van der Waals surface area contributed by atoms with Gasteiger partial charge in [0.15, 0.2) is 0 Å². The third kappa shape index (κ3) is 53.2. The first kappa shape index (κ1) is 68.0. The van der Waals surface area contributed by atoms with Crippen molar-refractivity contribution in [1.82, 2.24) is 5.32 Å². The lowest BCUT2D eigenvalue weighted by atomic mass is 10.0. The predicted octanol–water partition coefficient (Wildman–Crippen LogP) is 19.1. The molecule has 6 heteroatoms. The zero-order chi connectivity index (χ0) is 51.6. The Morgan fingerprint density at radius 1 is 0.437 bits per heavy atom. The van der Waals surface area contributed by atoms with Crippen molar-refractivity contribution < 1.29 is 24.5 Å². The fourth-order valence-corrected chi connectivity index (χ4v) is 8.93. The zero-order valence-corrected chi connectivity index (χ0v) is 46.8. The summed E-state index contributed by atoms with van der Waals surface area (Å²) >= 11 is 0. The molecule has 0 fully saturated rings. The molecule has 0 rings (SSSR count). The van der Waals surface area contributed by atoms with Gasteiger partial charge >= 0.3 is 5.97 Å². The molecule has 0 bridgehead atoms. The van der Waals surface area contributed by atoms with Gasteiger partial charge in [-0.05, 0) is 89.9 Å². The molecule has 3 N–H and O–H groups in total. The third-order valence-corrected chi connectivity index (χ3v) is 13.5. The van der Waals surface area contributed by atoms with E-state index >= 15 is 0 Å². The van der Waals surface area contributed by atoms with Crippen molar-refractivity contribution in [3.63, 3.8) is 0 Å². The van der Waals surface area contributed by atoms with Crippen LogP contribution < -0.4 is 5.32 Å². The van der Waals surface area contributed by atoms with E-state index in [2.05, 4.69) is 111 Å². The number of hydrogen-bond acceptors (Lipinski definition) is 5. The van der Waals surface area contributed by atoms with Crippen LogP contribution in [-0.4, -0.2) is 46.9 Å². The van der Waals surface area contributed by atoms with Crippen molar-refractivity contribution in [3.8, 4) is 0 Å². The Hall–Kier alpha value is -2.96. The Morgan fingerprint density at radius 3 is 1.25 bits per heavy atom. The Morgan fingerprint density at radius 2 is 0.817 bits per heavy atom. The van der Waals surface area contributed by atoms with Gasteiger partial charge in [-0.3, -0.25) is 9.59 Å². The third-order valence-electron chi connectivity index (χ3n) is 13.5. The van der Waals surface area contributed by atoms with Crippen molar-refractivity contribution in [1.29, 1.82) is 0 Å². The van der Waals surface area contributed by atoms with E-state index in [1.807, 2.05) is 0 Å². The summed E-state index contributed by atoms with van der Waals surface area (Å²) in [5.74, 6) is -0.544. The van der Waals surface area contributed by atoms with Crippen molar-refractivity contribution in [2.45, 2.75) is 309 Å². The molecule has 0 aliphatic carbocycles. The van der Waals surface area contributed by atoms with Gasteiger partial charge in [0, 0.05) is 6.42 Å². The number of allylic oxidation sites excluding steroid dienone is 14. The number of ether oxygens (including phenoxy) is 1. The van der Waals surface area contributed by atoms with Crippen LogP contribution in [0.3, 0.4) is 0 Å². The first-order valence-electron chi connectivity index (χ1n) is 30.3. The molecule has 0 radical (unpaired) electrons. The minimum Gasteiger partial charge on any atom is -0.462 e. The normalized spacial score (nSPS) is 13.7. The first-order chi connectivity index (χ1) is 35.0. The largest absolute Gasteiger partial charge is 0.462 e. The van der Waals surface area contributed by atoms with E-state index in [0.29, 0.717) is 19.3 Å². The maximum Gasteiger partial charge on any atom is 0.306 e. The van der Waals surface area contributed by atoms with Gasteiger partial charge in [0.1, 0.15) is 6.10 Å². The minimum atomic E-state index is -0.811. The highest BCUT2D eigenvalue weighted by atomic mass is 16.5. The van der Waals surface area contributed by atoms with E-state index in [0.717, 1.165) is 103 Å². The molecule has 0 saturated carbocycles. The number of carbonyl (C=O) groups excluding carboxylic acids is 2. The van der Waals surface area contributed by atoms with E-state index in [1.54, 1.807) is 0 Å². The smallest absolute Gasteiger partial charge is 0.306 e. The summed E-state index contributed by atoms with van der Waals surface area (Å²) < 4.78 is 5.94. The van der Waals surface area contributed by atoms with E-state index < -0.39 is 18.2 Å². The van der Waals surface area contributed by atoms with Gasteiger partial charge in [0.2, 0.25) is 5.91 Å². The zero-order valence-electron chi connectivity index (χ0n) is 46.8. The molecule has 3 atom stereocenters. The Labute approximate surface area is 440 Å². The second kappa shape index (κ2) is 57.9. The first-order valence-corrected chi connectivity index (χ1v) is 30.3. The highest BCUT2D eigenvalue weighted by molar-refractivity contribution is 5.77. The van der Waals surface area contributed by atoms with E-state index in [9.17, 15) is 19.8 Å². The molecule has 0 spiro atoms. The number of carbonyl (C=O) groups is 2. The van der Waals surface area contributed by atoms with Crippen LogP contribution in [0.25, 0.3) is 0 Å². The number of nitrogens with one attached hydrogen (secondary N) is 1. The Kier molecular flexibility index (Phi) is 55.5. The average molecular weight is 991 g/mol. The molecule has 0 heterocycles. The van der Waals surface area contributed by atoms with Crippen LogP contribution in [0, 0.1) is 0 Å². The molecular weight excluding hydrogens is 875 g/mol. The summed E-state index contributed by atoms with van der Waals surface area (Å²) in [7, 11) is 0. The molecule has 0 aromatic rings. The second-order valence-electron chi connectivity index (χ2n) is 20.4. The lowest BCUT2D eigenvalue weighted by molar-refractivity contribution is -0.151. The van der Waals surface area contributed by atoms with Gasteiger partial charge in [-0.25, -0.2) is 0 Å². The van der Waals surface area contributed by atoms with Gasteiger partial charge in [-0.2, -0.15) is 0 Å². The lowest BCUT2D eigenvalue weighted by Crippen LogP contribution is -2.46. The number of esters is 1. The second-order valence-corrected chi connectivity index (χ2v) is 20.4. The van der Waals surface area contributed by atoms with Crippen molar-refractivity contribution in [2.75, 3.05) is 6.61 Å². The monoisotopic (exact) mass is 990 g/mol. The molecular formula is C65H115NO5. The topological polar surface area (TPSA) is 95.9 Å². The SMILES string of the molecule is CC/C=C\C/C=C\C/C=C\C/C=C\C/C=C\CCCC(CC(=O)NC(CO)C(O)CCCCCCCCCCCCCCCCCCC)OC(=O)CCCCCCC/C=C/C=C/CCCCCCCCC. The molecule has 0 aromatic carbocycles. The van der Waals surface area contributed by atoms with Crippen LogP contribution in [0.2, 0.25) is 0 Å². The van der Waals surface area contributed by atoms with Gasteiger partial charge in [0.05, 0.1) is 25.2 Å². The van der Waals surface area contributed by atoms with Crippen molar-refractivity contribution in [2.24, 2.45) is 0 Å². The lowest BCUT2D eigenvalue weighted by Gasteiger charge is -2.24. The average Bonchev–Trinajstić information content (AvgIpc) is 3.36. The molecule has 6 nitrogen and oxygen atoms in total. The summed E-state index contributed by atoms with van der Waals surface area (Å²) in [6.45, 7) is 6.37. The van der Waals surface area contributed by atoms with Crippen LogP contribution in [-0.2, 0) is 14.3 Å². The van der Waals surface area contributed by atoms with Gasteiger partial charge in [-0.1, -0.05) is 273 Å². The number of hydrogen-bond donors (Lipinski definition) is 3. The maximum atomic E-state index is 13.3. The van der Waals surface area contributed by atoms with Crippen molar-refractivity contribution >= 4 is 11.9 Å². The fourth-order valence-electron chi connectivity index (χ4n) is 8.93. The van der Waals surface area contributed by atoms with Crippen molar-refractivity contribution in [3.05, 3.63) is 85.1 Å². The summed E-state index contributed by atoms with van der Waals surface area (Å²) in [4.78, 5) is 26.3.